The average molecular weight is 282 g/mol. The maximum Gasteiger partial charge on any atom is 0.252 e. The second-order valence-corrected chi connectivity index (χ2v) is 4.08. The number of carbonyl (C=O) groups is 1. The van der Waals surface area contributed by atoms with Crippen LogP contribution < -0.4 is 10.5 Å². The SMILES string of the molecule is C#CCCCOc1ccc(Br)cc1C(N)=O. The van der Waals surface area contributed by atoms with Crippen LogP contribution >= 0.6 is 15.9 Å². The quantitative estimate of drug-likeness (QED) is 0.665. The zero-order valence-electron chi connectivity index (χ0n) is 8.70. The normalized spacial score (nSPS) is 9.50. The van der Waals surface area contributed by atoms with Crippen LogP contribution in [0.3, 0.4) is 0 Å². The van der Waals surface area contributed by atoms with Gasteiger partial charge in [0.15, 0.2) is 0 Å². The molecule has 0 bridgehead atoms. The zero-order chi connectivity index (χ0) is 12.0. The lowest BCUT2D eigenvalue weighted by Gasteiger charge is -2.09. The fourth-order valence-electron chi connectivity index (χ4n) is 1.18. The van der Waals surface area contributed by atoms with Crippen molar-refractivity contribution >= 4 is 21.8 Å². The second-order valence-electron chi connectivity index (χ2n) is 3.16. The fraction of sp³-hybridized carbons (Fsp3) is 0.250. The van der Waals surface area contributed by atoms with Gasteiger partial charge in [0.25, 0.3) is 5.91 Å². The second kappa shape index (κ2) is 6.19. The molecule has 1 aromatic rings. The Kier molecular flexibility index (Phi) is 4.87. The summed E-state index contributed by atoms with van der Waals surface area (Å²) in [5.74, 6) is 2.51. The van der Waals surface area contributed by atoms with E-state index in [1.807, 2.05) is 0 Å². The number of rotatable bonds is 5. The molecule has 0 aliphatic carbocycles. The average Bonchev–Trinajstić information content (AvgIpc) is 2.26. The number of benzene rings is 1. The first kappa shape index (κ1) is 12.6. The highest BCUT2D eigenvalue weighted by Crippen LogP contribution is 2.22. The summed E-state index contributed by atoms with van der Waals surface area (Å²) in [5, 5.41) is 0. The lowest BCUT2D eigenvalue weighted by Crippen LogP contribution is -2.13. The number of halogens is 1. The monoisotopic (exact) mass is 281 g/mol. The number of terminal acetylenes is 1. The van der Waals surface area contributed by atoms with E-state index in [4.69, 9.17) is 16.9 Å². The lowest BCUT2D eigenvalue weighted by molar-refractivity contribution is 0.0996. The molecule has 0 aliphatic heterocycles. The summed E-state index contributed by atoms with van der Waals surface area (Å²) in [6, 6.07) is 5.14. The minimum Gasteiger partial charge on any atom is -0.493 e. The van der Waals surface area contributed by atoms with Crippen molar-refractivity contribution in [2.75, 3.05) is 6.61 Å². The molecule has 0 aromatic heterocycles. The molecule has 16 heavy (non-hydrogen) atoms. The Morgan fingerprint density at radius 1 is 1.56 bits per heavy atom. The van der Waals surface area contributed by atoms with Gasteiger partial charge >= 0.3 is 0 Å². The highest BCUT2D eigenvalue weighted by atomic mass is 79.9. The molecule has 84 valence electrons. The van der Waals surface area contributed by atoms with Gasteiger partial charge in [-0.3, -0.25) is 4.79 Å². The molecule has 0 heterocycles. The summed E-state index contributed by atoms with van der Waals surface area (Å²) in [5.41, 5.74) is 5.61. The number of unbranched alkanes of at least 4 members (excludes halogenated alkanes) is 1. The Morgan fingerprint density at radius 3 is 2.94 bits per heavy atom. The lowest BCUT2D eigenvalue weighted by atomic mass is 10.2. The van der Waals surface area contributed by atoms with Gasteiger partial charge in [0.2, 0.25) is 0 Å². The van der Waals surface area contributed by atoms with Crippen LogP contribution in [-0.2, 0) is 0 Å². The molecule has 0 saturated carbocycles. The maximum absolute atomic E-state index is 11.2. The molecule has 2 N–H and O–H groups in total. The van der Waals surface area contributed by atoms with E-state index in [0.717, 1.165) is 10.9 Å². The summed E-state index contributed by atoms with van der Waals surface area (Å²) in [4.78, 5) is 11.2. The molecule has 1 amide bonds. The third-order valence-corrected chi connectivity index (χ3v) is 2.42. The standard InChI is InChI=1S/C12H12BrNO2/c1-2-3-4-7-16-11-6-5-9(13)8-10(11)12(14)15/h1,5-6,8H,3-4,7H2,(H2,14,15). The Labute approximate surface area is 103 Å². The summed E-state index contributed by atoms with van der Waals surface area (Å²) in [7, 11) is 0. The van der Waals surface area contributed by atoms with Gasteiger partial charge in [-0.25, -0.2) is 0 Å². The van der Waals surface area contributed by atoms with Gasteiger partial charge in [-0.1, -0.05) is 15.9 Å². The molecule has 4 heteroatoms. The van der Waals surface area contributed by atoms with Crippen molar-refractivity contribution in [1.29, 1.82) is 0 Å². The number of hydrogen-bond donors (Lipinski definition) is 1. The van der Waals surface area contributed by atoms with Crippen LogP contribution in [0, 0.1) is 12.3 Å². The predicted molar refractivity (Wildman–Crippen MR) is 66.2 cm³/mol. The largest absolute Gasteiger partial charge is 0.493 e. The fourth-order valence-corrected chi connectivity index (χ4v) is 1.54. The van der Waals surface area contributed by atoms with Crippen molar-refractivity contribution in [2.45, 2.75) is 12.8 Å². The van der Waals surface area contributed by atoms with E-state index in [1.54, 1.807) is 18.2 Å². The molecule has 0 fully saturated rings. The van der Waals surface area contributed by atoms with E-state index in [1.165, 1.54) is 0 Å². The van der Waals surface area contributed by atoms with Crippen molar-refractivity contribution in [3.05, 3.63) is 28.2 Å². The molecule has 3 nitrogen and oxygen atoms in total. The summed E-state index contributed by atoms with van der Waals surface area (Å²) >= 11 is 3.27. The third-order valence-electron chi connectivity index (χ3n) is 1.93. The van der Waals surface area contributed by atoms with Gasteiger partial charge < -0.3 is 10.5 Å². The van der Waals surface area contributed by atoms with E-state index in [9.17, 15) is 4.79 Å². The molecule has 1 aromatic carbocycles. The number of primary amides is 1. The van der Waals surface area contributed by atoms with Crippen LogP contribution in [0.25, 0.3) is 0 Å². The number of ether oxygens (including phenoxy) is 1. The molecule has 0 saturated heterocycles. The third kappa shape index (κ3) is 3.59. The van der Waals surface area contributed by atoms with E-state index in [0.29, 0.717) is 24.3 Å². The summed E-state index contributed by atoms with van der Waals surface area (Å²) < 4.78 is 6.23. The summed E-state index contributed by atoms with van der Waals surface area (Å²) in [6.45, 7) is 0.478. The smallest absolute Gasteiger partial charge is 0.252 e. The topological polar surface area (TPSA) is 52.3 Å². The Balaban J connectivity index is 2.72. The van der Waals surface area contributed by atoms with Crippen molar-refractivity contribution < 1.29 is 9.53 Å². The van der Waals surface area contributed by atoms with Gasteiger partial charge in [-0.2, -0.15) is 0 Å². The van der Waals surface area contributed by atoms with Crippen LogP contribution in [-0.4, -0.2) is 12.5 Å². The van der Waals surface area contributed by atoms with Crippen LogP contribution in [0.2, 0.25) is 0 Å². The first-order valence-electron chi connectivity index (χ1n) is 4.80. The molecular formula is C12H12BrNO2. The number of amides is 1. The molecule has 0 aliphatic rings. The van der Waals surface area contributed by atoms with E-state index in [-0.39, 0.29) is 0 Å². The van der Waals surface area contributed by atoms with Crippen LogP contribution in [0.4, 0.5) is 0 Å². The Hall–Kier alpha value is -1.47. The van der Waals surface area contributed by atoms with Crippen LogP contribution in [0.15, 0.2) is 22.7 Å². The maximum atomic E-state index is 11.2. The zero-order valence-corrected chi connectivity index (χ0v) is 10.3. The van der Waals surface area contributed by atoms with Gasteiger partial charge in [-0.15, -0.1) is 12.3 Å². The highest BCUT2D eigenvalue weighted by Gasteiger charge is 2.09. The Morgan fingerprint density at radius 2 is 2.31 bits per heavy atom. The molecule has 0 spiro atoms. The molecular weight excluding hydrogens is 270 g/mol. The number of hydrogen-bond acceptors (Lipinski definition) is 2. The van der Waals surface area contributed by atoms with Crippen LogP contribution in [0.1, 0.15) is 23.2 Å². The Bertz CT molecular complexity index is 424. The predicted octanol–water partition coefficient (Wildman–Crippen LogP) is 2.34. The van der Waals surface area contributed by atoms with Gasteiger partial charge in [0.1, 0.15) is 5.75 Å². The van der Waals surface area contributed by atoms with Crippen molar-refractivity contribution in [2.24, 2.45) is 5.73 Å². The minimum atomic E-state index is -0.506. The molecule has 1 rings (SSSR count). The first-order valence-corrected chi connectivity index (χ1v) is 5.60. The van der Waals surface area contributed by atoms with Crippen LogP contribution in [0.5, 0.6) is 5.75 Å². The van der Waals surface area contributed by atoms with E-state index in [2.05, 4.69) is 21.9 Å². The van der Waals surface area contributed by atoms with Crippen molar-refractivity contribution in [3.63, 3.8) is 0 Å². The number of nitrogens with two attached hydrogens (primary N) is 1. The van der Waals surface area contributed by atoms with Gasteiger partial charge in [0.05, 0.1) is 12.2 Å². The number of carbonyl (C=O) groups excluding carboxylic acids is 1. The van der Waals surface area contributed by atoms with Crippen molar-refractivity contribution in [1.82, 2.24) is 0 Å². The minimum absolute atomic E-state index is 0.370. The molecule has 0 unspecified atom stereocenters. The van der Waals surface area contributed by atoms with Gasteiger partial charge in [-0.05, 0) is 24.6 Å². The molecule has 0 atom stereocenters. The van der Waals surface area contributed by atoms with Crippen molar-refractivity contribution in [3.8, 4) is 18.1 Å². The molecule has 0 radical (unpaired) electrons. The van der Waals surface area contributed by atoms with E-state index >= 15 is 0 Å². The highest BCUT2D eigenvalue weighted by molar-refractivity contribution is 9.10. The first-order chi connectivity index (χ1) is 7.65. The van der Waals surface area contributed by atoms with E-state index < -0.39 is 5.91 Å². The van der Waals surface area contributed by atoms with Gasteiger partial charge in [0, 0.05) is 10.9 Å². The summed E-state index contributed by atoms with van der Waals surface area (Å²) in [6.07, 6.45) is 6.53.